The van der Waals surface area contributed by atoms with Gasteiger partial charge in [-0.2, -0.15) is 0 Å². The first kappa shape index (κ1) is 17.1. The van der Waals surface area contributed by atoms with Crippen molar-refractivity contribution in [3.63, 3.8) is 0 Å². The van der Waals surface area contributed by atoms with Crippen molar-refractivity contribution >= 4 is 0 Å². The van der Waals surface area contributed by atoms with E-state index < -0.39 is 0 Å². The molecule has 3 heteroatoms. The van der Waals surface area contributed by atoms with E-state index >= 15 is 0 Å². The highest BCUT2D eigenvalue weighted by Gasteiger charge is 1.95. The van der Waals surface area contributed by atoms with Crippen molar-refractivity contribution < 1.29 is 15.3 Å². The Hall–Kier alpha value is -1.90. The van der Waals surface area contributed by atoms with Gasteiger partial charge in [0.05, 0.1) is 0 Å². The van der Waals surface area contributed by atoms with Crippen molar-refractivity contribution in [3.8, 4) is 17.2 Å². The van der Waals surface area contributed by atoms with E-state index in [0.717, 1.165) is 18.2 Å². The van der Waals surface area contributed by atoms with Gasteiger partial charge in [0.1, 0.15) is 17.2 Å². The van der Waals surface area contributed by atoms with E-state index in [9.17, 15) is 0 Å². The van der Waals surface area contributed by atoms with Crippen LogP contribution in [0, 0.1) is 0 Å². The van der Waals surface area contributed by atoms with Crippen LogP contribution >= 0.6 is 0 Å². The molecule has 1 aliphatic carbocycles. The van der Waals surface area contributed by atoms with Crippen LogP contribution in [0.4, 0.5) is 0 Å². The van der Waals surface area contributed by atoms with Crippen LogP contribution in [-0.2, 0) is 0 Å². The average Bonchev–Trinajstić information content (AvgIpc) is 2.29. The second kappa shape index (κ2) is 10.1. The van der Waals surface area contributed by atoms with Gasteiger partial charge in [-0.25, -0.2) is 0 Å². The highest BCUT2D eigenvalue weighted by Crippen LogP contribution is 2.23. The molecule has 1 aliphatic rings. The summed E-state index contributed by atoms with van der Waals surface area (Å²) in [6, 6.07) is 3.42. The zero-order valence-corrected chi connectivity index (χ0v) is 11.8. The van der Waals surface area contributed by atoms with E-state index in [4.69, 9.17) is 15.3 Å². The van der Waals surface area contributed by atoms with Crippen LogP contribution in [0.5, 0.6) is 17.2 Å². The van der Waals surface area contributed by atoms with Crippen molar-refractivity contribution in [2.75, 3.05) is 0 Å². The molecule has 0 aliphatic heterocycles. The molecule has 1 aromatic carbocycles. The van der Waals surface area contributed by atoms with E-state index in [2.05, 4.69) is 19.6 Å². The van der Waals surface area contributed by atoms with Crippen molar-refractivity contribution in [1.29, 1.82) is 0 Å². The molecule has 19 heavy (non-hydrogen) atoms. The van der Waals surface area contributed by atoms with Gasteiger partial charge in [-0.05, 0) is 39.5 Å². The minimum atomic E-state index is -0.146. The molecule has 3 nitrogen and oxygen atoms in total. The van der Waals surface area contributed by atoms with Gasteiger partial charge in [-0.3, -0.25) is 0 Å². The number of phenols is 3. The second-order valence-electron chi connectivity index (χ2n) is 4.41. The minimum absolute atomic E-state index is 0.146. The first-order valence-electron chi connectivity index (χ1n) is 6.44. The van der Waals surface area contributed by atoms with Crippen LogP contribution in [0.2, 0.25) is 0 Å². The van der Waals surface area contributed by atoms with E-state index in [1.807, 2.05) is 6.92 Å². The Labute approximate surface area is 115 Å². The largest absolute Gasteiger partial charge is 0.508 e. The van der Waals surface area contributed by atoms with Crippen LogP contribution in [0.1, 0.15) is 39.5 Å². The first-order valence-corrected chi connectivity index (χ1v) is 6.44. The number of hydrogen-bond acceptors (Lipinski definition) is 3. The predicted octanol–water partition coefficient (Wildman–Crippen LogP) is 4.50. The molecule has 0 spiro atoms. The molecule has 0 amide bonds. The fourth-order valence-corrected chi connectivity index (χ4v) is 1.58. The Morgan fingerprint density at radius 3 is 1.63 bits per heavy atom. The molecule has 0 bridgehead atoms. The molecular weight excluding hydrogens is 240 g/mol. The van der Waals surface area contributed by atoms with Gasteiger partial charge >= 0.3 is 0 Å². The molecule has 1 aromatic rings. The van der Waals surface area contributed by atoms with Crippen molar-refractivity contribution in [2.24, 2.45) is 0 Å². The molecule has 0 radical (unpaired) electrons. The fourth-order valence-electron chi connectivity index (χ4n) is 1.58. The van der Waals surface area contributed by atoms with Gasteiger partial charge in [0.25, 0.3) is 0 Å². The lowest BCUT2D eigenvalue weighted by atomic mass is 10.0. The quantitative estimate of drug-likeness (QED) is 0.604. The fraction of sp³-hybridized carbons (Fsp3) is 0.375. The molecule has 106 valence electrons. The molecule has 0 fully saturated rings. The lowest BCUT2D eigenvalue weighted by Gasteiger charge is -2.05. The highest BCUT2D eigenvalue weighted by atomic mass is 16.3. The van der Waals surface area contributed by atoms with Crippen LogP contribution < -0.4 is 0 Å². The van der Waals surface area contributed by atoms with Crippen LogP contribution in [0.3, 0.4) is 0 Å². The normalized spacial score (nSPS) is 13.1. The molecule has 0 saturated heterocycles. The summed E-state index contributed by atoms with van der Waals surface area (Å²) in [5.41, 5.74) is 1.59. The third-order valence-corrected chi connectivity index (χ3v) is 2.41. The maximum Gasteiger partial charge on any atom is 0.122 e. The SMILES string of the molecule is C=CC.CC1=CCCCC1.Oc1cc(O)cc(O)c1. The zero-order chi connectivity index (χ0) is 14.7. The maximum absolute atomic E-state index is 8.67. The monoisotopic (exact) mass is 264 g/mol. The van der Waals surface area contributed by atoms with Crippen molar-refractivity contribution in [2.45, 2.75) is 39.5 Å². The Morgan fingerprint density at radius 1 is 1.00 bits per heavy atom. The summed E-state index contributed by atoms with van der Waals surface area (Å²) >= 11 is 0. The van der Waals surface area contributed by atoms with Crippen molar-refractivity contribution in [3.05, 3.63) is 42.5 Å². The number of allylic oxidation sites excluding steroid dienone is 3. The molecular formula is C16H24O3. The number of benzene rings is 1. The standard InChI is InChI=1S/C7H12.C6H6O3.C3H6/c1-7-5-3-2-4-6-7;7-4-1-5(8)3-6(9)2-4;1-3-2/h5H,2-4,6H2,1H3;1-3,7-9H;3H,1H2,2H3. The molecule has 2 rings (SSSR count). The zero-order valence-electron chi connectivity index (χ0n) is 11.8. The summed E-state index contributed by atoms with van der Waals surface area (Å²) in [4.78, 5) is 0. The number of aromatic hydroxyl groups is 3. The van der Waals surface area contributed by atoms with E-state index in [1.165, 1.54) is 25.7 Å². The lowest BCUT2D eigenvalue weighted by Crippen LogP contribution is -1.85. The third kappa shape index (κ3) is 9.77. The van der Waals surface area contributed by atoms with E-state index in [-0.39, 0.29) is 17.2 Å². The molecule has 0 aromatic heterocycles. The average molecular weight is 264 g/mol. The summed E-state index contributed by atoms with van der Waals surface area (Å²) in [5.74, 6) is -0.437. The second-order valence-corrected chi connectivity index (χ2v) is 4.41. The summed E-state index contributed by atoms with van der Waals surface area (Å²) in [6.45, 7) is 7.47. The van der Waals surface area contributed by atoms with Gasteiger partial charge in [0.2, 0.25) is 0 Å². The minimum Gasteiger partial charge on any atom is -0.508 e. The lowest BCUT2D eigenvalue weighted by molar-refractivity contribution is 0.428. The van der Waals surface area contributed by atoms with Gasteiger partial charge in [0, 0.05) is 18.2 Å². The predicted molar refractivity (Wildman–Crippen MR) is 79.5 cm³/mol. The van der Waals surface area contributed by atoms with Gasteiger partial charge in [-0.1, -0.05) is 17.7 Å². The number of phenolic OH excluding ortho intramolecular Hbond substituents is 3. The number of hydrogen-bond donors (Lipinski definition) is 3. The molecule has 0 saturated carbocycles. The summed E-state index contributed by atoms with van der Waals surface area (Å²) in [6.07, 6.45) is 9.61. The summed E-state index contributed by atoms with van der Waals surface area (Å²) in [7, 11) is 0. The van der Waals surface area contributed by atoms with Gasteiger partial charge in [0.15, 0.2) is 0 Å². The smallest absolute Gasteiger partial charge is 0.122 e. The van der Waals surface area contributed by atoms with Gasteiger partial charge in [-0.15, -0.1) is 6.58 Å². The molecule has 0 heterocycles. The molecule has 3 N–H and O–H groups in total. The molecule has 0 atom stereocenters. The van der Waals surface area contributed by atoms with E-state index in [0.29, 0.717) is 0 Å². The van der Waals surface area contributed by atoms with Crippen LogP contribution in [-0.4, -0.2) is 15.3 Å². The highest BCUT2D eigenvalue weighted by molar-refractivity contribution is 5.39. The third-order valence-electron chi connectivity index (χ3n) is 2.41. The first-order chi connectivity index (χ1) is 8.99. The Morgan fingerprint density at radius 2 is 1.42 bits per heavy atom. The number of rotatable bonds is 0. The molecule has 0 unspecified atom stereocenters. The van der Waals surface area contributed by atoms with Crippen LogP contribution in [0.15, 0.2) is 42.5 Å². The Kier molecular flexibility index (Phi) is 9.06. The summed E-state index contributed by atoms with van der Waals surface area (Å²) in [5, 5.41) is 26.0. The van der Waals surface area contributed by atoms with Crippen molar-refractivity contribution in [1.82, 2.24) is 0 Å². The maximum atomic E-state index is 8.67. The Balaban J connectivity index is 0.000000289. The van der Waals surface area contributed by atoms with E-state index in [1.54, 1.807) is 11.6 Å². The van der Waals surface area contributed by atoms with Crippen LogP contribution in [0.25, 0.3) is 0 Å². The topological polar surface area (TPSA) is 60.7 Å². The van der Waals surface area contributed by atoms with Gasteiger partial charge < -0.3 is 15.3 Å². The summed E-state index contributed by atoms with van der Waals surface area (Å²) < 4.78 is 0. The Bertz CT molecular complexity index is 358.